The number of benzene rings is 3. The van der Waals surface area contributed by atoms with Crippen LogP contribution in [0.2, 0.25) is 0 Å². The third-order valence-electron chi connectivity index (χ3n) is 6.60. The van der Waals surface area contributed by atoms with Crippen LogP contribution in [0.15, 0.2) is 83.9 Å². The van der Waals surface area contributed by atoms with E-state index in [4.69, 9.17) is 24.3 Å². The zero-order valence-corrected chi connectivity index (χ0v) is 24.1. The molecule has 1 aliphatic heterocycles. The van der Waals surface area contributed by atoms with Crippen LogP contribution in [-0.2, 0) is 25.6 Å². The van der Waals surface area contributed by atoms with Crippen molar-refractivity contribution in [2.75, 3.05) is 13.2 Å². The zero-order valence-electron chi connectivity index (χ0n) is 24.1. The van der Waals surface area contributed by atoms with E-state index >= 15 is 0 Å². The van der Waals surface area contributed by atoms with Crippen molar-refractivity contribution in [3.63, 3.8) is 0 Å². The molecule has 0 radical (unpaired) electrons. The van der Waals surface area contributed by atoms with E-state index in [9.17, 15) is 14.0 Å². The van der Waals surface area contributed by atoms with Crippen molar-refractivity contribution in [1.82, 2.24) is 5.32 Å². The first-order valence-electron chi connectivity index (χ1n) is 14.0. The van der Waals surface area contributed by atoms with Crippen molar-refractivity contribution in [1.29, 1.82) is 0 Å². The molecule has 0 spiro atoms. The Hall–Kier alpha value is -4.24. The van der Waals surface area contributed by atoms with Crippen molar-refractivity contribution in [2.24, 2.45) is 4.99 Å². The van der Waals surface area contributed by atoms with E-state index in [1.54, 1.807) is 57.2 Å². The minimum absolute atomic E-state index is 0.0162. The molecule has 4 rings (SSSR count). The molecule has 42 heavy (non-hydrogen) atoms. The number of halogens is 1. The highest BCUT2D eigenvalue weighted by Crippen LogP contribution is 2.43. The SMILES string of the molecule is CC(C)(C)OC(=O)CC[C@@]1(C(=O)NCc2cccc(F)c2)N=C(c2ccc(OCCCO)cc2)O[C@@H]1c1ccccc1. The quantitative estimate of drug-likeness (QED) is 0.224. The number of ether oxygens (including phenoxy) is 3. The molecule has 0 aliphatic carbocycles. The van der Waals surface area contributed by atoms with Crippen molar-refractivity contribution in [3.05, 3.63) is 101 Å². The second kappa shape index (κ2) is 13.6. The first kappa shape index (κ1) is 30.7. The summed E-state index contributed by atoms with van der Waals surface area (Å²) in [5.74, 6) is -0.454. The molecule has 0 saturated carbocycles. The predicted molar refractivity (Wildman–Crippen MR) is 157 cm³/mol. The molecule has 3 aromatic rings. The molecule has 0 aromatic heterocycles. The number of aliphatic imine (C=N–C) groups is 1. The number of aliphatic hydroxyl groups excluding tert-OH is 1. The third kappa shape index (κ3) is 7.94. The molecular formula is C33H37FN2O6. The lowest BCUT2D eigenvalue weighted by atomic mass is 9.83. The summed E-state index contributed by atoms with van der Waals surface area (Å²) in [4.78, 5) is 31.8. The maximum Gasteiger partial charge on any atom is 0.306 e. The van der Waals surface area contributed by atoms with Crippen molar-refractivity contribution >= 4 is 17.8 Å². The Balaban J connectivity index is 1.69. The Kier molecular flexibility index (Phi) is 9.96. The van der Waals surface area contributed by atoms with Crippen molar-refractivity contribution in [2.45, 2.75) is 63.8 Å². The summed E-state index contributed by atoms with van der Waals surface area (Å²) < 4.78 is 31.4. The van der Waals surface area contributed by atoms with Crippen LogP contribution < -0.4 is 10.1 Å². The number of nitrogens with one attached hydrogen (secondary N) is 1. The fourth-order valence-corrected chi connectivity index (χ4v) is 4.67. The molecule has 8 nitrogen and oxygen atoms in total. The lowest BCUT2D eigenvalue weighted by Crippen LogP contribution is -2.48. The van der Waals surface area contributed by atoms with Gasteiger partial charge >= 0.3 is 5.97 Å². The Labute approximate surface area is 245 Å². The fourth-order valence-electron chi connectivity index (χ4n) is 4.67. The van der Waals surface area contributed by atoms with E-state index in [1.807, 2.05) is 30.3 Å². The monoisotopic (exact) mass is 576 g/mol. The van der Waals surface area contributed by atoms with Crippen LogP contribution in [0, 0.1) is 5.82 Å². The molecule has 1 aliphatic rings. The Morgan fingerprint density at radius 2 is 1.79 bits per heavy atom. The molecule has 1 heterocycles. The van der Waals surface area contributed by atoms with Gasteiger partial charge in [-0.1, -0.05) is 42.5 Å². The normalized spacial score (nSPS) is 18.1. The van der Waals surface area contributed by atoms with E-state index in [0.29, 0.717) is 35.5 Å². The molecule has 0 fully saturated rings. The van der Waals surface area contributed by atoms with Gasteiger partial charge in [0.05, 0.1) is 6.61 Å². The van der Waals surface area contributed by atoms with Gasteiger partial charge in [0.2, 0.25) is 5.90 Å². The number of nitrogens with zero attached hydrogens (tertiary/aromatic N) is 1. The highest BCUT2D eigenvalue weighted by atomic mass is 19.1. The van der Waals surface area contributed by atoms with Gasteiger partial charge < -0.3 is 24.6 Å². The zero-order chi connectivity index (χ0) is 30.2. The minimum atomic E-state index is -1.52. The summed E-state index contributed by atoms with van der Waals surface area (Å²) in [5.41, 5.74) is -0.281. The predicted octanol–water partition coefficient (Wildman–Crippen LogP) is 5.28. The number of hydrogen-bond donors (Lipinski definition) is 2. The number of aliphatic hydroxyl groups is 1. The second-order valence-electron chi connectivity index (χ2n) is 11.1. The van der Waals surface area contributed by atoms with E-state index in [0.717, 1.165) is 0 Å². The summed E-state index contributed by atoms with van der Waals surface area (Å²) in [6.45, 7) is 5.83. The average molecular weight is 577 g/mol. The number of hydrogen-bond acceptors (Lipinski definition) is 7. The topological polar surface area (TPSA) is 106 Å². The molecule has 0 unspecified atom stereocenters. The number of carbonyl (C=O) groups is 2. The average Bonchev–Trinajstić information content (AvgIpc) is 3.36. The van der Waals surface area contributed by atoms with Crippen LogP contribution >= 0.6 is 0 Å². The van der Waals surface area contributed by atoms with E-state index in [2.05, 4.69) is 5.32 Å². The third-order valence-corrected chi connectivity index (χ3v) is 6.60. The van der Waals surface area contributed by atoms with Crippen LogP contribution in [0.4, 0.5) is 4.39 Å². The Bertz CT molecular complexity index is 1390. The van der Waals surface area contributed by atoms with Crippen LogP contribution in [0.5, 0.6) is 5.75 Å². The van der Waals surface area contributed by atoms with Crippen molar-refractivity contribution < 1.29 is 33.3 Å². The maximum atomic E-state index is 14.1. The van der Waals surface area contributed by atoms with Crippen LogP contribution in [0.3, 0.4) is 0 Å². The number of esters is 1. The van der Waals surface area contributed by atoms with E-state index < -0.39 is 34.9 Å². The van der Waals surface area contributed by atoms with Gasteiger partial charge in [-0.3, -0.25) is 9.59 Å². The first-order chi connectivity index (χ1) is 20.1. The largest absolute Gasteiger partial charge is 0.494 e. The summed E-state index contributed by atoms with van der Waals surface area (Å²) in [7, 11) is 0. The Morgan fingerprint density at radius 3 is 2.45 bits per heavy atom. The summed E-state index contributed by atoms with van der Waals surface area (Å²) in [6, 6.07) is 22.3. The van der Waals surface area contributed by atoms with Gasteiger partial charge in [0.25, 0.3) is 5.91 Å². The highest BCUT2D eigenvalue weighted by molar-refractivity contribution is 6.01. The van der Waals surface area contributed by atoms with Crippen LogP contribution in [0.25, 0.3) is 0 Å². The molecule has 2 atom stereocenters. The van der Waals surface area contributed by atoms with E-state index in [-0.39, 0.29) is 31.9 Å². The van der Waals surface area contributed by atoms with Gasteiger partial charge in [-0.15, -0.1) is 0 Å². The van der Waals surface area contributed by atoms with Crippen molar-refractivity contribution in [3.8, 4) is 5.75 Å². The maximum absolute atomic E-state index is 14.1. The standard InChI is InChI=1S/C33H37FN2O6/c1-32(2,3)42-28(38)17-18-33(31(39)35-22-23-9-7-12-26(34)21-23)29(24-10-5-4-6-11-24)41-30(36-33)25-13-15-27(16-14-25)40-20-8-19-37/h4-7,9-16,21,29,37H,8,17-20,22H2,1-3H3,(H,35,39)/t29-,33-/m1/s1. The van der Waals surface area contributed by atoms with Gasteiger partial charge in [-0.25, -0.2) is 9.38 Å². The van der Waals surface area contributed by atoms with Crippen LogP contribution in [0.1, 0.15) is 62.8 Å². The number of amides is 1. The molecular weight excluding hydrogens is 539 g/mol. The lowest BCUT2D eigenvalue weighted by molar-refractivity contribution is -0.155. The molecule has 9 heteroatoms. The smallest absolute Gasteiger partial charge is 0.306 e. The minimum Gasteiger partial charge on any atom is -0.494 e. The van der Waals surface area contributed by atoms with Gasteiger partial charge in [0.1, 0.15) is 17.2 Å². The van der Waals surface area contributed by atoms with E-state index in [1.165, 1.54) is 12.1 Å². The lowest BCUT2D eigenvalue weighted by Gasteiger charge is -2.31. The molecule has 0 saturated heterocycles. The molecule has 0 bridgehead atoms. The van der Waals surface area contributed by atoms with Gasteiger partial charge in [-0.05, 0) is 74.7 Å². The summed E-state index contributed by atoms with van der Waals surface area (Å²) >= 11 is 0. The number of carbonyl (C=O) groups excluding carboxylic acids is 2. The van der Waals surface area contributed by atoms with Crippen LogP contribution in [-0.4, -0.2) is 47.2 Å². The van der Waals surface area contributed by atoms with Gasteiger partial charge in [0.15, 0.2) is 11.6 Å². The Morgan fingerprint density at radius 1 is 1.05 bits per heavy atom. The molecule has 1 amide bonds. The summed E-state index contributed by atoms with van der Waals surface area (Å²) in [5, 5.41) is 11.9. The van der Waals surface area contributed by atoms with Gasteiger partial charge in [0, 0.05) is 31.6 Å². The first-order valence-corrected chi connectivity index (χ1v) is 14.0. The molecule has 2 N–H and O–H groups in total. The van der Waals surface area contributed by atoms with Gasteiger partial charge in [-0.2, -0.15) is 0 Å². The molecule has 222 valence electrons. The highest BCUT2D eigenvalue weighted by Gasteiger charge is 2.53. The summed E-state index contributed by atoms with van der Waals surface area (Å²) in [6.07, 6.45) is -0.390. The fraction of sp³-hybridized carbons (Fsp3) is 0.364. The number of rotatable bonds is 12. The molecule has 3 aromatic carbocycles. The second-order valence-corrected chi connectivity index (χ2v) is 11.1.